The fourth-order valence-corrected chi connectivity index (χ4v) is 3.54. The summed E-state index contributed by atoms with van der Waals surface area (Å²) in [5, 5.41) is 13.1. The molecule has 3 aromatic carbocycles. The van der Waals surface area contributed by atoms with Crippen LogP contribution in [0, 0.1) is 11.3 Å². The third kappa shape index (κ3) is 6.27. The van der Waals surface area contributed by atoms with Gasteiger partial charge in [0.15, 0.2) is 11.5 Å². The number of nitriles is 1. The lowest BCUT2D eigenvalue weighted by Crippen LogP contribution is -2.13. The average Bonchev–Trinajstić information content (AvgIpc) is 2.77. The van der Waals surface area contributed by atoms with Crippen LogP contribution in [0.5, 0.6) is 11.5 Å². The number of ether oxygens (including phenoxy) is 2. The van der Waals surface area contributed by atoms with Crippen LogP contribution in [0.25, 0.3) is 6.08 Å². The van der Waals surface area contributed by atoms with E-state index < -0.39 is 5.91 Å². The summed E-state index contributed by atoms with van der Waals surface area (Å²) < 4.78 is 12.1. The van der Waals surface area contributed by atoms with Gasteiger partial charge in [-0.15, -0.1) is 0 Å². The summed E-state index contributed by atoms with van der Waals surface area (Å²) in [4.78, 5) is 12.5. The van der Waals surface area contributed by atoms with E-state index in [4.69, 9.17) is 32.7 Å². The minimum atomic E-state index is -0.536. The van der Waals surface area contributed by atoms with Crippen molar-refractivity contribution >= 4 is 56.8 Å². The summed E-state index contributed by atoms with van der Waals surface area (Å²) in [6, 6.07) is 19.5. The number of nitrogens with one attached hydrogen (secondary N) is 1. The summed E-state index contributed by atoms with van der Waals surface area (Å²) in [5.74, 6) is 0.187. The molecular weight excluding hydrogens is 515 g/mol. The summed E-state index contributed by atoms with van der Waals surface area (Å²) in [5.41, 5.74) is 1.87. The fourth-order valence-electron chi connectivity index (χ4n) is 2.79. The lowest BCUT2D eigenvalue weighted by molar-refractivity contribution is -0.112. The first kappa shape index (κ1) is 23.7. The zero-order valence-corrected chi connectivity index (χ0v) is 20.0. The van der Waals surface area contributed by atoms with Gasteiger partial charge in [-0.2, -0.15) is 5.26 Å². The van der Waals surface area contributed by atoms with Crippen LogP contribution >= 0.6 is 39.1 Å². The zero-order chi connectivity index (χ0) is 23.1. The van der Waals surface area contributed by atoms with Crippen LogP contribution < -0.4 is 14.8 Å². The minimum absolute atomic E-state index is 0.0846. The molecule has 0 bridgehead atoms. The molecule has 1 N–H and O–H groups in total. The molecule has 0 aromatic heterocycles. The molecule has 0 aliphatic rings. The Kier molecular flexibility index (Phi) is 8.18. The Morgan fingerprint density at radius 1 is 1.16 bits per heavy atom. The van der Waals surface area contributed by atoms with E-state index in [-0.39, 0.29) is 17.2 Å². The number of amides is 1. The molecule has 0 saturated carbocycles. The van der Waals surface area contributed by atoms with Crippen molar-refractivity contribution < 1.29 is 14.3 Å². The highest BCUT2D eigenvalue weighted by Gasteiger charge is 2.15. The number of anilines is 1. The zero-order valence-electron chi connectivity index (χ0n) is 16.9. The first-order valence-corrected chi connectivity index (χ1v) is 10.9. The second-order valence-electron chi connectivity index (χ2n) is 6.58. The van der Waals surface area contributed by atoms with Gasteiger partial charge >= 0.3 is 0 Å². The Balaban J connectivity index is 1.81. The van der Waals surface area contributed by atoms with Crippen molar-refractivity contribution in [2.75, 3.05) is 12.4 Å². The van der Waals surface area contributed by atoms with Crippen LogP contribution in [0.3, 0.4) is 0 Å². The van der Waals surface area contributed by atoms with E-state index in [2.05, 4.69) is 21.2 Å². The molecule has 162 valence electrons. The molecule has 0 fully saturated rings. The van der Waals surface area contributed by atoms with Crippen molar-refractivity contribution in [1.29, 1.82) is 5.26 Å². The lowest BCUT2D eigenvalue weighted by Gasteiger charge is -2.14. The Morgan fingerprint density at radius 3 is 2.56 bits per heavy atom. The molecule has 3 rings (SSSR count). The van der Waals surface area contributed by atoms with Crippen LogP contribution in [0.2, 0.25) is 10.0 Å². The predicted octanol–water partition coefficient (Wildman–Crippen LogP) is 6.89. The average molecular weight is 532 g/mol. The third-order valence-corrected chi connectivity index (χ3v) is 5.35. The highest BCUT2D eigenvalue weighted by atomic mass is 79.9. The second kappa shape index (κ2) is 11.1. The van der Waals surface area contributed by atoms with Crippen molar-refractivity contribution in [1.82, 2.24) is 0 Å². The maximum absolute atomic E-state index is 12.5. The summed E-state index contributed by atoms with van der Waals surface area (Å²) in [6.07, 6.45) is 1.43. The van der Waals surface area contributed by atoms with Crippen LogP contribution in [-0.4, -0.2) is 13.0 Å². The topological polar surface area (TPSA) is 71.3 Å². The van der Waals surface area contributed by atoms with Crippen LogP contribution in [-0.2, 0) is 11.4 Å². The SMILES string of the molecule is COc1cc(/C=C(\C#N)C(=O)Nc2ccc(Br)cc2)cc(Cl)c1OCc1cccc(Cl)c1. The molecule has 0 heterocycles. The van der Waals surface area contributed by atoms with Gasteiger partial charge < -0.3 is 14.8 Å². The number of rotatable bonds is 7. The standard InChI is InChI=1S/C24H17BrCl2N2O3/c1-31-22-12-16(9-17(13-28)24(30)29-20-7-5-18(25)6-8-20)11-21(27)23(22)32-14-15-3-2-4-19(26)10-15/h2-12H,14H2,1H3,(H,29,30)/b17-9+. The largest absolute Gasteiger partial charge is 0.493 e. The van der Waals surface area contributed by atoms with E-state index in [1.807, 2.05) is 18.2 Å². The Bertz CT molecular complexity index is 1200. The van der Waals surface area contributed by atoms with Crippen molar-refractivity contribution in [3.8, 4) is 17.6 Å². The van der Waals surface area contributed by atoms with E-state index >= 15 is 0 Å². The predicted molar refractivity (Wildman–Crippen MR) is 130 cm³/mol. The third-order valence-electron chi connectivity index (χ3n) is 4.30. The van der Waals surface area contributed by atoms with Gasteiger partial charge in [0, 0.05) is 15.2 Å². The van der Waals surface area contributed by atoms with Gasteiger partial charge in [-0.05, 0) is 65.7 Å². The minimum Gasteiger partial charge on any atom is -0.493 e. The number of halogens is 3. The number of methoxy groups -OCH3 is 1. The van der Waals surface area contributed by atoms with Crippen LogP contribution in [0.1, 0.15) is 11.1 Å². The molecule has 0 atom stereocenters. The van der Waals surface area contributed by atoms with Crippen LogP contribution in [0.4, 0.5) is 5.69 Å². The number of carbonyl (C=O) groups excluding carboxylic acids is 1. The molecule has 3 aromatic rings. The monoisotopic (exact) mass is 530 g/mol. The van der Waals surface area contributed by atoms with Gasteiger partial charge in [0.1, 0.15) is 18.2 Å². The Morgan fingerprint density at radius 2 is 1.91 bits per heavy atom. The molecule has 0 saturated heterocycles. The van der Waals surface area contributed by atoms with Gasteiger partial charge in [0.2, 0.25) is 0 Å². The molecule has 0 aliphatic carbocycles. The molecule has 5 nitrogen and oxygen atoms in total. The number of nitrogens with zero attached hydrogens (tertiary/aromatic N) is 1. The second-order valence-corrected chi connectivity index (χ2v) is 8.34. The van der Waals surface area contributed by atoms with Gasteiger partial charge in [-0.25, -0.2) is 0 Å². The van der Waals surface area contributed by atoms with E-state index in [1.165, 1.54) is 13.2 Å². The van der Waals surface area contributed by atoms with E-state index in [1.54, 1.807) is 48.5 Å². The van der Waals surface area contributed by atoms with Crippen LogP contribution in [0.15, 0.2) is 70.7 Å². The number of benzene rings is 3. The maximum Gasteiger partial charge on any atom is 0.266 e. The molecule has 0 unspecified atom stereocenters. The molecule has 0 spiro atoms. The van der Waals surface area contributed by atoms with Gasteiger partial charge in [0.05, 0.1) is 12.1 Å². The van der Waals surface area contributed by atoms with Crippen molar-refractivity contribution in [3.05, 3.63) is 91.9 Å². The summed E-state index contributed by atoms with van der Waals surface area (Å²) in [7, 11) is 1.48. The van der Waals surface area contributed by atoms with E-state index in [0.29, 0.717) is 27.8 Å². The van der Waals surface area contributed by atoms with Gasteiger partial charge in [-0.3, -0.25) is 4.79 Å². The van der Waals surface area contributed by atoms with E-state index in [0.717, 1.165) is 10.0 Å². The number of hydrogen-bond donors (Lipinski definition) is 1. The number of hydrogen-bond acceptors (Lipinski definition) is 4. The van der Waals surface area contributed by atoms with E-state index in [9.17, 15) is 10.1 Å². The molecular formula is C24H17BrCl2N2O3. The molecule has 0 radical (unpaired) electrons. The normalized spacial score (nSPS) is 10.9. The van der Waals surface area contributed by atoms with Crippen molar-refractivity contribution in [2.45, 2.75) is 6.61 Å². The first-order chi connectivity index (χ1) is 15.4. The molecule has 32 heavy (non-hydrogen) atoms. The highest BCUT2D eigenvalue weighted by molar-refractivity contribution is 9.10. The molecule has 1 amide bonds. The van der Waals surface area contributed by atoms with Crippen molar-refractivity contribution in [2.24, 2.45) is 0 Å². The molecule has 0 aliphatic heterocycles. The summed E-state index contributed by atoms with van der Waals surface area (Å²) in [6.45, 7) is 0.241. The number of carbonyl (C=O) groups is 1. The summed E-state index contributed by atoms with van der Waals surface area (Å²) >= 11 is 15.8. The lowest BCUT2D eigenvalue weighted by atomic mass is 10.1. The van der Waals surface area contributed by atoms with Crippen molar-refractivity contribution in [3.63, 3.8) is 0 Å². The Hall–Kier alpha value is -2.98. The molecule has 8 heteroatoms. The maximum atomic E-state index is 12.5. The Labute approximate surface area is 204 Å². The van der Waals surface area contributed by atoms with Gasteiger partial charge in [0.25, 0.3) is 5.91 Å². The quantitative estimate of drug-likeness (QED) is 0.266. The fraction of sp³-hybridized carbons (Fsp3) is 0.0833. The first-order valence-electron chi connectivity index (χ1n) is 9.33. The highest BCUT2D eigenvalue weighted by Crippen LogP contribution is 2.37. The smallest absolute Gasteiger partial charge is 0.266 e. The van der Waals surface area contributed by atoms with Gasteiger partial charge in [-0.1, -0.05) is 51.3 Å².